The third-order valence-corrected chi connectivity index (χ3v) is 8.45. The number of methoxy groups -OCH3 is 1. The molecule has 1 fully saturated rings. The molecule has 1 saturated carbocycles. The molecule has 1 aliphatic carbocycles. The first-order valence-corrected chi connectivity index (χ1v) is 12.9. The molecule has 33 heavy (non-hydrogen) atoms. The highest BCUT2D eigenvalue weighted by molar-refractivity contribution is 9.10. The molecule has 0 amide bonds. The monoisotopic (exact) mass is 529 g/mol. The van der Waals surface area contributed by atoms with Crippen LogP contribution in [0.5, 0.6) is 11.5 Å². The maximum Gasteiger partial charge on any atom is 0.201 e. The highest BCUT2D eigenvalue weighted by Crippen LogP contribution is 2.67. The van der Waals surface area contributed by atoms with Crippen molar-refractivity contribution in [3.8, 4) is 11.5 Å². The van der Waals surface area contributed by atoms with E-state index in [9.17, 15) is 18.3 Å². The topological polar surface area (TPSA) is 103 Å². The number of benzene rings is 2. The summed E-state index contributed by atoms with van der Waals surface area (Å²) in [5, 5.41) is 10.8. The summed E-state index contributed by atoms with van der Waals surface area (Å²) in [6, 6.07) is 15.7. The molecule has 1 N–H and O–H groups in total. The second-order valence-corrected chi connectivity index (χ2v) is 11.4. The molecule has 0 spiro atoms. The van der Waals surface area contributed by atoms with Crippen molar-refractivity contribution in [1.82, 2.24) is 4.98 Å². The second kappa shape index (κ2) is 7.38. The molecule has 7 nitrogen and oxygen atoms in total. The van der Waals surface area contributed by atoms with Crippen molar-refractivity contribution >= 4 is 31.6 Å². The third-order valence-electron chi connectivity index (χ3n) is 6.52. The molecule has 3 aromatic rings. The fourth-order valence-electron chi connectivity index (χ4n) is 5.27. The van der Waals surface area contributed by atoms with E-state index < -0.39 is 38.0 Å². The Morgan fingerprint density at radius 3 is 2.36 bits per heavy atom. The second-order valence-electron chi connectivity index (χ2n) is 8.27. The number of ether oxygens (including phenoxy) is 2. The number of carbonyl (C=O) groups excluding carboxylic acids is 1. The van der Waals surface area contributed by atoms with E-state index in [2.05, 4.69) is 20.9 Å². The number of rotatable bonds is 4. The van der Waals surface area contributed by atoms with Crippen LogP contribution in [-0.2, 0) is 25.8 Å². The number of aromatic nitrogens is 1. The summed E-state index contributed by atoms with van der Waals surface area (Å²) in [5.74, 6) is -1.58. The zero-order valence-electron chi connectivity index (χ0n) is 17.7. The third kappa shape index (κ3) is 2.85. The molecule has 2 aliphatic rings. The lowest BCUT2D eigenvalue weighted by molar-refractivity contribution is -0.151. The molecular weight excluding hydrogens is 510 g/mol. The number of pyridine rings is 1. The number of hydrogen-bond acceptors (Lipinski definition) is 7. The van der Waals surface area contributed by atoms with E-state index in [1.807, 2.05) is 0 Å². The normalized spacial score (nSPS) is 28.2. The average Bonchev–Trinajstić information content (AvgIpc) is 3.18. The summed E-state index contributed by atoms with van der Waals surface area (Å²) < 4.78 is 38.8. The maximum atomic E-state index is 14.0. The number of aliphatic hydroxyl groups is 1. The fraction of sp³-hybridized carbons (Fsp3) is 0.250. The van der Waals surface area contributed by atoms with Crippen molar-refractivity contribution in [2.24, 2.45) is 0 Å². The Morgan fingerprint density at radius 2 is 1.76 bits per heavy atom. The Kier molecular flexibility index (Phi) is 4.93. The standard InChI is InChI=1S/C24H20BrNO6S/c1-31-17-12-26-13-18-20(17)23(28)22(27)21(33(2,29)30)19(14-6-4-3-5-7-14)24(23,32-18)15-8-10-16(25)11-9-15/h3-13,19,21,28H,1-2H3/t19-,21?,23+,24+/m1/s1. The van der Waals surface area contributed by atoms with Gasteiger partial charge in [0.25, 0.3) is 0 Å². The average molecular weight is 530 g/mol. The van der Waals surface area contributed by atoms with Crippen molar-refractivity contribution in [1.29, 1.82) is 0 Å². The zero-order chi connectivity index (χ0) is 23.6. The molecule has 170 valence electrons. The van der Waals surface area contributed by atoms with Gasteiger partial charge in [-0.1, -0.05) is 58.4 Å². The number of fused-ring (bicyclic) bond motifs is 3. The van der Waals surface area contributed by atoms with E-state index in [0.29, 0.717) is 11.1 Å². The summed E-state index contributed by atoms with van der Waals surface area (Å²) >= 11 is 3.41. The Balaban J connectivity index is 1.93. The molecule has 2 heterocycles. The lowest BCUT2D eigenvalue weighted by Crippen LogP contribution is -2.50. The molecule has 4 atom stereocenters. The molecule has 1 aromatic heterocycles. The van der Waals surface area contributed by atoms with E-state index in [0.717, 1.165) is 10.7 Å². The Bertz CT molecular complexity index is 1360. The van der Waals surface area contributed by atoms with Crippen molar-refractivity contribution < 1.29 is 27.8 Å². The SMILES string of the molecule is COc1cncc2c1[C@]1(O)C(=O)C(S(C)(=O)=O)[C@@H](c3ccccc3)[C@]1(c1ccc(Br)cc1)O2. The van der Waals surface area contributed by atoms with Crippen molar-refractivity contribution in [2.75, 3.05) is 13.4 Å². The van der Waals surface area contributed by atoms with E-state index >= 15 is 0 Å². The summed E-state index contributed by atoms with van der Waals surface area (Å²) in [4.78, 5) is 18.1. The van der Waals surface area contributed by atoms with Crippen molar-refractivity contribution in [3.05, 3.63) is 88.2 Å². The minimum absolute atomic E-state index is 0.0833. The van der Waals surface area contributed by atoms with Gasteiger partial charge in [-0.2, -0.15) is 0 Å². The van der Waals surface area contributed by atoms with Crippen LogP contribution in [0, 0.1) is 0 Å². The van der Waals surface area contributed by atoms with Gasteiger partial charge in [0, 0.05) is 10.7 Å². The van der Waals surface area contributed by atoms with Gasteiger partial charge < -0.3 is 14.6 Å². The Hall–Kier alpha value is -2.75. The Morgan fingerprint density at radius 1 is 1.09 bits per heavy atom. The minimum Gasteiger partial charge on any atom is -0.495 e. The largest absolute Gasteiger partial charge is 0.495 e. The molecule has 1 unspecified atom stereocenters. The van der Waals surface area contributed by atoms with Gasteiger partial charge in [-0.15, -0.1) is 0 Å². The van der Waals surface area contributed by atoms with Gasteiger partial charge >= 0.3 is 0 Å². The van der Waals surface area contributed by atoms with Crippen LogP contribution < -0.4 is 9.47 Å². The van der Waals surface area contributed by atoms with Gasteiger partial charge in [-0.05, 0) is 23.3 Å². The summed E-state index contributed by atoms with van der Waals surface area (Å²) in [7, 11) is -2.57. The summed E-state index contributed by atoms with van der Waals surface area (Å²) in [5.41, 5.74) is -3.00. The van der Waals surface area contributed by atoms with Crippen LogP contribution in [0.15, 0.2) is 71.5 Å². The van der Waals surface area contributed by atoms with Crippen LogP contribution in [-0.4, -0.2) is 42.9 Å². The van der Waals surface area contributed by atoms with E-state index in [1.54, 1.807) is 54.6 Å². The molecule has 0 bridgehead atoms. The van der Waals surface area contributed by atoms with Crippen LogP contribution in [0.25, 0.3) is 0 Å². The van der Waals surface area contributed by atoms with Crippen LogP contribution in [0.3, 0.4) is 0 Å². The van der Waals surface area contributed by atoms with Crippen LogP contribution in [0.4, 0.5) is 0 Å². The van der Waals surface area contributed by atoms with E-state index in [1.165, 1.54) is 19.5 Å². The Labute approximate surface area is 199 Å². The lowest BCUT2D eigenvalue weighted by atomic mass is 9.71. The predicted octanol–water partition coefficient (Wildman–Crippen LogP) is 3.11. The predicted molar refractivity (Wildman–Crippen MR) is 124 cm³/mol. The number of sulfone groups is 1. The number of carbonyl (C=O) groups is 1. The minimum atomic E-state index is -3.96. The molecule has 0 saturated heterocycles. The molecule has 9 heteroatoms. The smallest absolute Gasteiger partial charge is 0.201 e. The van der Waals surface area contributed by atoms with E-state index in [4.69, 9.17) is 9.47 Å². The molecular formula is C24H20BrNO6S. The zero-order valence-corrected chi connectivity index (χ0v) is 20.1. The van der Waals surface area contributed by atoms with Gasteiger partial charge in [0.1, 0.15) is 16.7 Å². The lowest BCUT2D eigenvalue weighted by Gasteiger charge is -2.39. The number of nitrogens with zero attached hydrogens (tertiary/aromatic N) is 1. The highest BCUT2D eigenvalue weighted by atomic mass is 79.9. The summed E-state index contributed by atoms with van der Waals surface area (Å²) in [6.45, 7) is 0. The van der Waals surface area contributed by atoms with Crippen LogP contribution >= 0.6 is 15.9 Å². The van der Waals surface area contributed by atoms with Gasteiger partial charge in [-0.3, -0.25) is 9.78 Å². The first-order valence-electron chi connectivity index (χ1n) is 10.1. The van der Waals surface area contributed by atoms with Crippen molar-refractivity contribution in [2.45, 2.75) is 22.4 Å². The highest BCUT2D eigenvalue weighted by Gasteiger charge is 2.79. The van der Waals surface area contributed by atoms with Crippen molar-refractivity contribution in [3.63, 3.8) is 0 Å². The summed E-state index contributed by atoms with van der Waals surface area (Å²) in [6.07, 6.45) is 3.78. The molecule has 5 rings (SSSR count). The number of halogens is 1. The first-order chi connectivity index (χ1) is 15.7. The fourth-order valence-corrected chi connectivity index (χ4v) is 6.93. The maximum absolute atomic E-state index is 14.0. The molecule has 2 aromatic carbocycles. The van der Waals surface area contributed by atoms with Gasteiger partial charge in [0.15, 0.2) is 21.2 Å². The van der Waals surface area contributed by atoms with Gasteiger partial charge in [0.2, 0.25) is 5.60 Å². The van der Waals surface area contributed by atoms with Gasteiger partial charge in [0.05, 0.1) is 31.0 Å². The van der Waals surface area contributed by atoms with Crippen LogP contribution in [0.1, 0.15) is 22.6 Å². The number of hydrogen-bond donors (Lipinski definition) is 1. The van der Waals surface area contributed by atoms with E-state index in [-0.39, 0.29) is 17.1 Å². The quantitative estimate of drug-likeness (QED) is 0.553. The van der Waals surface area contributed by atoms with Crippen LogP contribution in [0.2, 0.25) is 0 Å². The van der Waals surface area contributed by atoms with Gasteiger partial charge in [-0.25, -0.2) is 8.42 Å². The number of ketones is 1. The molecule has 1 aliphatic heterocycles. The number of Topliss-reactive ketones (excluding diaryl/α,β-unsaturated/α-hetero) is 1. The first kappa shape index (κ1) is 22.1. The molecule has 0 radical (unpaired) electrons.